The van der Waals surface area contributed by atoms with Crippen LogP contribution in [0.1, 0.15) is 22.3 Å². The van der Waals surface area contributed by atoms with E-state index in [1.165, 1.54) is 17.5 Å². The van der Waals surface area contributed by atoms with E-state index in [1.54, 1.807) is 18.2 Å². The molecule has 0 N–H and O–H groups in total. The molecule has 1 aliphatic heterocycles. The molecule has 0 spiro atoms. The standard InChI is InChI=1S/C23H32N2O5S2/c1-17-15-18(2)20(4)23(19(17)3)32(28,29)25-11-9-24(10-12-25)13-14-31(26,27)22-8-6-7-21(16-22)30-5/h6-8,15-16H,9-14H2,1-5H3. The predicted octanol–water partition coefficient (Wildman–Crippen LogP) is 2.71. The molecule has 2 aromatic carbocycles. The predicted molar refractivity (Wildman–Crippen MR) is 126 cm³/mol. The number of hydrogen-bond acceptors (Lipinski definition) is 6. The van der Waals surface area contributed by atoms with Gasteiger partial charge in [-0.05, 0) is 68.1 Å². The van der Waals surface area contributed by atoms with Crippen molar-refractivity contribution in [2.24, 2.45) is 0 Å². The summed E-state index contributed by atoms with van der Waals surface area (Å²) in [6.45, 7) is 9.60. The summed E-state index contributed by atoms with van der Waals surface area (Å²) >= 11 is 0. The van der Waals surface area contributed by atoms with Crippen molar-refractivity contribution in [1.29, 1.82) is 0 Å². The number of rotatable bonds is 7. The van der Waals surface area contributed by atoms with Gasteiger partial charge in [0.1, 0.15) is 5.75 Å². The highest BCUT2D eigenvalue weighted by molar-refractivity contribution is 7.91. The van der Waals surface area contributed by atoms with Crippen LogP contribution in [0.5, 0.6) is 5.75 Å². The Hall–Kier alpha value is -1.94. The van der Waals surface area contributed by atoms with Crippen LogP contribution in [0, 0.1) is 27.7 Å². The first kappa shape index (κ1) is 24.7. The van der Waals surface area contributed by atoms with E-state index in [4.69, 9.17) is 4.74 Å². The van der Waals surface area contributed by atoms with Gasteiger partial charge in [-0.25, -0.2) is 16.8 Å². The number of sulfonamides is 1. The van der Waals surface area contributed by atoms with Crippen molar-refractivity contribution in [3.8, 4) is 5.75 Å². The summed E-state index contributed by atoms with van der Waals surface area (Å²) in [5.41, 5.74) is 3.51. The van der Waals surface area contributed by atoms with Crippen LogP contribution in [0.15, 0.2) is 40.1 Å². The summed E-state index contributed by atoms with van der Waals surface area (Å²) < 4.78 is 58.8. The Morgan fingerprint density at radius 1 is 0.875 bits per heavy atom. The van der Waals surface area contributed by atoms with Crippen LogP contribution < -0.4 is 4.74 Å². The van der Waals surface area contributed by atoms with E-state index < -0.39 is 19.9 Å². The number of sulfone groups is 1. The minimum Gasteiger partial charge on any atom is -0.497 e. The van der Waals surface area contributed by atoms with E-state index in [9.17, 15) is 16.8 Å². The van der Waals surface area contributed by atoms with Crippen LogP contribution in [0.4, 0.5) is 0 Å². The Labute approximate surface area is 192 Å². The molecule has 176 valence electrons. The van der Waals surface area contributed by atoms with E-state index in [-0.39, 0.29) is 10.6 Å². The number of nitrogens with zero attached hydrogens (tertiary/aromatic N) is 2. The van der Waals surface area contributed by atoms with Gasteiger partial charge in [-0.15, -0.1) is 0 Å². The van der Waals surface area contributed by atoms with E-state index >= 15 is 0 Å². The normalized spacial score (nSPS) is 16.3. The second-order valence-electron chi connectivity index (χ2n) is 8.33. The smallest absolute Gasteiger partial charge is 0.243 e. The van der Waals surface area contributed by atoms with Crippen molar-refractivity contribution in [3.63, 3.8) is 0 Å². The van der Waals surface area contributed by atoms with Gasteiger partial charge in [0.15, 0.2) is 9.84 Å². The number of ether oxygens (including phenoxy) is 1. The fraction of sp³-hybridized carbons (Fsp3) is 0.478. The van der Waals surface area contributed by atoms with Gasteiger partial charge in [-0.1, -0.05) is 12.1 Å². The van der Waals surface area contributed by atoms with Gasteiger partial charge in [0, 0.05) is 32.7 Å². The summed E-state index contributed by atoms with van der Waals surface area (Å²) in [5, 5.41) is 0. The third-order valence-electron chi connectivity index (χ3n) is 6.30. The van der Waals surface area contributed by atoms with Gasteiger partial charge < -0.3 is 4.74 Å². The van der Waals surface area contributed by atoms with Crippen molar-refractivity contribution < 1.29 is 21.6 Å². The lowest BCUT2D eigenvalue weighted by Crippen LogP contribution is -2.49. The molecule has 0 saturated carbocycles. The minimum atomic E-state index is -3.61. The highest BCUT2D eigenvalue weighted by Crippen LogP contribution is 2.29. The zero-order chi connectivity index (χ0) is 23.7. The molecule has 9 heteroatoms. The van der Waals surface area contributed by atoms with Crippen molar-refractivity contribution in [2.45, 2.75) is 37.5 Å². The molecule has 0 unspecified atom stereocenters. The molecule has 0 radical (unpaired) electrons. The number of methoxy groups -OCH3 is 1. The Balaban J connectivity index is 1.67. The molecule has 0 atom stereocenters. The fourth-order valence-electron chi connectivity index (χ4n) is 4.05. The molecule has 2 aromatic rings. The maximum absolute atomic E-state index is 13.4. The van der Waals surface area contributed by atoms with Crippen LogP contribution in [0.2, 0.25) is 0 Å². The Morgan fingerprint density at radius 3 is 2.03 bits per heavy atom. The second kappa shape index (κ2) is 9.51. The zero-order valence-electron chi connectivity index (χ0n) is 19.4. The number of benzene rings is 2. The van der Waals surface area contributed by atoms with Crippen LogP contribution in [-0.4, -0.2) is 71.6 Å². The lowest BCUT2D eigenvalue weighted by Gasteiger charge is -2.34. The molecular weight excluding hydrogens is 448 g/mol. The summed E-state index contributed by atoms with van der Waals surface area (Å²) in [7, 11) is -5.56. The van der Waals surface area contributed by atoms with Gasteiger partial charge in [0.05, 0.1) is 22.7 Å². The number of hydrogen-bond donors (Lipinski definition) is 0. The Morgan fingerprint density at radius 2 is 1.47 bits per heavy atom. The van der Waals surface area contributed by atoms with Crippen LogP contribution in [0.25, 0.3) is 0 Å². The zero-order valence-corrected chi connectivity index (χ0v) is 21.0. The molecule has 0 amide bonds. The van der Waals surface area contributed by atoms with Gasteiger partial charge in [-0.2, -0.15) is 4.31 Å². The molecule has 3 rings (SSSR count). The second-order valence-corrected chi connectivity index (χ2v) is 12.3. The highest BCUT2D eigenvalue weighted by Gasteiger charge is 2.32. The summed E-state index contributed by atoms with van der Waals surface area (Å²) in [6.07, 6.45) is 0. The van der Waals surface area contributed by atoms with E-state index in [1.807, 2.05) is 38.7 Å². The van der Waals surface area contributed by atoms with Gasteiger partial charge in [-0.3, -0.25) is 4.90 Å². The largest absolute Gasteiger partial charge is 0.497 e. The fourth-order valence-corrected chi connectivity index (χ4v) is 7.37. The quantitative estimate of drug-likeness (QED) is 0.606. The first-order chi connectivity index (χ1) is 15.0. The van der Waals surface area contributed by atoms with Crippen molar-refractivity contribution in [3.05, 3.63) is 52.6 Å². The van der Waals surface area contributed by atoms with Crippen molar-refractivity contribution >= 4 is 19.9 Å². The highest BCUT2D eigenvalue weighted by atomic mass is 32.2. The van der Waals surface area contributed by atoms with Gasteiger partial charge in [0.2, 0.25) is 10.0 Å². The first-order valence-corrected chi connectivity index (χ1v) is 13.7. The van der Waals surface area contributed by atoms with Crippen molar-refractivity contribution in [1.82, 2.24) is 9.21 Å². The van der Waals surface area contributed by atoms with E-state index in [0.29, 0.717) is 43.4 Å². The molecule has 0 aromatic heterocycles. The van der Waals surface area contributed by atoms with Crippen LogP contribution in [-0.2, 0) is 19.9 Å². The molecule has 32 heavy (non-hydrogen) atoms. The maximum atomic E-state index is 13.4. The SMILES string of the molecule is COc1cccc(S(=O)(=O)CCN2CCN(S(=O)(=O)c3c(C)c(C)cc(C)c3C)CC2)c1. The van der Waals surface area contributed by atoms with Crippen molar-refractivity contribution in [2.75, 3.05) is 45.6 Å². The molecule has 1 fully saturated rings. The molecular formula is C23H32N2O5S2. The Bertz CT molecular complexity index is 1170. The van der Waals surface area contributed by atoms with E-state index in [0.717, 1.165) is 22.3 Å². The summed E-state index contributed by atoms with van der Waals surface area (Å²) in [4.78, 5) is 2.65. The third-order valence-corrected chi connectivity index (χ3v) is 10.2. The Kier molecular flexibility index (Phi) is 7.34. The summed E-state index contributed by atoms with van der Waals surface area (Å²) in [6, 6.07) is 8.47. The lowest BCUT2D eigenvalue weighted by atomic mass is 10.0. The first-order valence-electron chi connectivity index (χ1n) is 10.6. The molecule has 1 heterocycles. The van der Waals surface area contributed by atoms with Gasteiger partial charge in [0.25, 0.3) is 0 Å². The minimum absolute atomic E-state index is 0.0256. The van der Waals surface area contributed by atoms with Crippen LogP contribution >= 0.6 is 0 Å². The molecule has 0 aliphatic carbocycles. The lowest BCUT2D eigenvalue weighted by molar-refractivity contribution is 0.197. The van der Waals surface area contributed by atoms with E-state index in [2.05, 4.69) is 0 Å². The number of aryl methyl sites for hydroxylation is 2. The average Bonchev–Trinajstić information content (AvgIpc) is 2.77. The average molecular weight is 481 g/mol. The third kappa shape index (κ3) is 5.01. The van der Waals surface area contributed by atoms with Crippen LogP contribution in [0.3, 0.4) is 0 Å². The van der Waals surface area contributed by atoms with Gasteiger partial charge >= 0.3 is 0 Å². The molecule has 0 bridgehead atoms. The molecule has 1 saturated heterocycles. The number of piperazine rings is 1. The monoisotopic (exact) mass is 480 g/mol. The molecule has 1 aliphatic rings. The maximum Gasteiger partial charge on any atom is 0.243 e. The summed E-state index contributed by atoms with van der Waals surface area (Å²) in [5.74, 6) is 0.476. The topological polar surface area (TPSA) is 84.0 Å². The molecule has 7 nitrogen and oxygen atoms in total.